The predicted octanol–water partition coefficient (Wildman–Crippen LogP) is 10.8. The van der Waals surface area contributed by atoms with Crippen LogP contribution in [0.25, 0.3) is 53.2 Å². The highest BCUT2D eigenvalue weighted by Gasteiger charge is 2.12. The second-order valence-electron chi connectivity index (χ2n) is 11.0. The molecular formula is C42H35N3S. The van der Waals surface area contributed by atoms with Crippen molar-refractivity contribution < 1.29 is 0 Å². The lowest BCUT2D eigenvalue weighted by Crippen LogP contribution is -2.02. The molecule has 8 rings (SSSR count). The number of nitrogens with two attached hydrogens (primary N) is 2. The highest BCUT2D eigenvalue weighted by atomic mass is 32.1. The van der Waals surface area contributed by atoms with Crippen LogP contribution in [-0.4, -0.2) is 5.71 Å². The third kappa shape index (κ3) is 6.51. The molecule has 8 aromatic rings. The van der Waals surface area contributed by atoms with Crippen LogP contribution >= 0.6 is 11.3 Å². The van der Waals surface area contributed by atoms with Crippen molar-refractivity contribution >= 4 is 48.0 Å². The van der Waals surface area contributed by atoms with E-state index in [0.717, 1.165) is 16.5 Å². The Balaban J connectivity index is 0.000000207. The van der Waals surface area contributed by atoms with Crippen LogP contribution in [0.15, 0.2) is 164 Å². The molecule has 0 aliphatic rings. The molecule has 1 aromatic heterocycles. The van der Waals surface area contributed by atoms with E-state index < -0.39 is 0 Å². The van der Waals surface area contributed by atoms with Crippen LogP contribution in [-0.2, 0) is 0 Å². The number of hydrogen-bond acceptors (Lipinski definition) is 4. The Morgan fingerprint density at radius 2 is 1.09 bits per heavy atom. The topological polar surface area (TPSA) is 75.9 Å². The van der Waals surface area contributed by atoms with E-state index in [4.69, 9.17) is 5.41 Å². The van der Waals surface area contributed by atoms with Crippen LogP contribution in [0, 0.1) is 12.3 Å². The molecule has 0 spiro atoms. The summed E-state index contributed by atoms with van der Waals surface area (Å²) in [5.41, 5.74) is 8.73. The number of aryl methyl sites for hydroxylation is 1. The fourth-order valence-electron chi connectivity index (χ4n) is 5.72. The largest absolute Gasteiger partial charge is 0.300 e. The van der Waals surface area contributed by atoms with Crippen LogP contribution in [0.2, 0.25) is 0 Å². The Bertz CT molecular complexity index is 2230. The van der Waals surface area contributed by atoms with Gasteiger partial charge in [0.05, 0.1) is 5.71 Å². The van der Waals surface area contributed by atoms with Gasteiger partial charge >= 0.3 is 0 Å². The summed E-state index contributed by atoms with van der Waals surface area (Å²) in [7, 11) is 0. The van der Waals surface area contributed by atoms with Gasteiger partial charge in [-0.25, -0.2) is 0 Å². The maximum absolute atomic E-state index is 8.74. The van der Waals surface area contributed by atoms with E-state index >= 15 is 0 Å². The lowest BCUT2D eigenvalue weighted by Gasteiger charge is -2.09. The van der Waals surface area contributed by atoms with E-state index in [2.05, 4.69) is 158 Å². The lowest BCUT2D eigenvalue weighted by atomic mass is 9.95. The highest BCUT2D eigenvalue weighted by Crippen LogP contribution is 2.39. The Morgan fingerprint density at radius 1 is 0.500 bits per heavy atom. The van der Waals surface area contributed by atoms with E-state index in [-0.39, 0.29) is 0 Å². The first-order valence-corrected chi connectivity index (χ1v) is 16.0. The summed E-state index contributed by atoms with van der Waals surface area (Å²) in [6.45, 7) is 2.11. The maximum atomic E-state index is 8.74. The predicted molar refractivity (Wildman–Crippen MR) is 200 cm³/mol. The zero-order valence-electron chi connectivity index (χ0n) is 25.7. The monoisotopic (exact) mass is 613 g/mol. The molecule has 3 nitrogen and oxygen atoms in total. The zero-order chi connectivity index (χ0) is 31.9. The molecule has 0 unspecified atom stereocenters. The van der Waals surface area contributed by atoms with Gasteiger partial charge in [0.25, 0.3) is 0 Å². The van der Waals surface area contributed by atoms with Gasteiger partial charge < -0.3 is 0 Å². The van der Waals surface area contributed by atoms with Crippen LogP contribution in [0.1, 0.15) is 16.7 Å². The molecule has 0 bridgehead atoms. The normalized spacial score (nSPS) is 10.6. The summed E-state index contributed by atoms with van der Waals surface area (Å²) in [5, 5.41) is 13.7. The lowest BCUT2D eigenvalue weighted by molar-refractivity contribution is 1.26. The molecule has 0 amide bonds. The van der Waals surface area contributed by atoms with Crippen molar-refractivity contribution in [2.24, 2.45) is 11.7 Å². The molecule has 1 heterocycles. The highest BCUT2D eigenvalue weighted by molar-refractivity contribution is 7.25. The van der Waals surface area contributed by atoms with E-state index in [0.29, 0.717) is 5.71 Å². The zero-order valence-corrected chi connectivity index (χ0v) is 26.5. The molecule has 224 valence electrons. The van der Waals surface area contributed by atoms with Crippen molar-refractivity contribution in [3.8, 4) is 22.3 Å². The fraction of sp³-hybridized carbons (Fsp3) is 0.0238. The third-order valence-corrected chi connectivity index (χ3v) is 9.22. The Hall–Kier alpha value is -5.39. The minimum Gasteiger partial charge on any atom is -0.300 e. The first-order chi connectivity index (χ1) is 22.6. The smallest absolute Gasteiger partial charge is 0.0684 e. The van der Waals surface area contributed by atoms with Gasteiger partial charge in [0.2, 0.25) is 0 Å². The van der Waals surface area contributed by atoms with Crippen molar-refractivity contribution in [1.82, 2.24) is 0 Å². The molecule has 46 heavy (non-hydrogen) atoms. The third-order valence-electron chi connectivity index (χ3n) is 8.08. The minimum atomic E-state index is 0.552. The van der Waals surface area contributed by atoms with E-state index in [1.165, 1.54) is 53.4 Å². The van der Waals surface area contributed by atoms with Crippen LogP contribution in [0.3, 0.4) is 0 Å². The molecule has 0 aliphatic carbocycles. The molecule has 7 aromatic carbocycles. The van der Waals surface area contributed by atoms with E-state index in [1.54, 1.807) is 0 Å². The van der Waals surface area contributed by atoms with Gasteiger partial charge in [-0.05, 0) is 58.1 Å². The molecular weight excluding hydrogens is 579 g/mol. The van der Waals surface area contributed by atoms with Gasteiger partial charge in [0.15, 0.2) is 0 Å². The molecule has 5 N–H and O–H groups in total. The molecule has 0 atom stereocenters. The summed E-state index contributed by atoms with van der Waals surface area (Å²) in [6, 6.07) is 57.1. The fourth-order valence-corrected chi connectivity index (χ4v) is 6.85. The SMILES string of the molecule is Cc1ccc(-c2ccccc2)cc1.N=C(c1ccc(-c2cccc3sc4ccccc4c23)cc1)c1ccc2ccccc2c1.NN. The van der Waals surface area contributed by atoms with Crippen LogP contribution in [0.5, 0.6) is 0 Å². The van der Waals surface area contributed by atoms with Crippen molar-refractivity contribution in [3.63, 3.8) is 0 Å². The second-order valence-corrected chi connectivity index (χ2v) is 12.1. The summed E-state index contributed by atoms with van der Waals surface area (Å²) in [6.07, 6.45) is 0. The van der Waals surface area contributed by atoms with Gasteiger partial charge in [-0.1, -0.05) is 151 Å². The summed E-state index contributed by atoms with van der Waals surface area (Å²) >= 11 is 1.84. The quantitative estimate of drug-likeness (QED) is 0.105. The number of thiophene rings is 1. The average molecular weight is 614 g/mol. The number of benzene rings is 7. The number of fused-ring (bicyclic) bond motifs is 4. The number of rotatable bonds is 4. The van der Waals surface area contributed by atoms with Crippen LogP contribution < -0.4 is 11.7 Å². The first kappa shape index (κ1) is 30.6. The van der Waals surface area contributed by atoms with Gasteiger partial charge in [0.1, 0.15) is 0 Å². The van der Waals surface area contributed by atoms with Gasteiger partial charge in [-0.15, -0.1) is 11.3 Å². The van der Waals surface area contributed by atoms with Gasteiger partial charge in [-0.3, -0.25) is 17.1 Å². The van der Waals surface area contributed by atoms with Crippen molar-refractivity contribution in [2.75, 3.05) is 0 Å². The molecule has 4 heteroatoms. The van der Waals surface area contributed by atoms with Gasteiger partial charge in [-0.2, -0.15) is 0 Å². The minimum absolute atomic E-state index is 0.552. The molecule has 0 aliphatic heterocycles. The van der Waals surface area contributed by atoms with E-state index in [9.17, 15) is 0 Å². The molecule has 0 fully saturated rings. The van der Waals surface area contributed by atoms with Gasteiger partial charge in [0, 0.05) is 31.3 Å². The Labute approximate surface area is 273 Å². The molecule has 0 saturated heterocycles. The van der Waals surface area contributed by atoms with Crippen molar-refractivity contribution in [1.29, 1.82) is 5.41 Å². The molecule has 0 saturated carbocycles. The summed E-state index contributed by atoms with van der Waals surface area (Å²) in [5.74, 6) is 8.00. The molecule has 0 radical (unpaired) electrons. The van der Waals surface area contributed by atoms with E-state index in [1.807, 2.05) is 35.6 Å². The first-order valence-electron chi connectivity index (χ1n) is 15.2. The second kappa shape index (κ2) is 14.1. The standard InChI is InChI=1S/C29H19NS.C13H12.H4N2/c30-29(23-17-12-19-6-1-2-7-22(19)18-23)21-15-13-20(14-16-21)24-9-5-11-27-28(24)25-8-3-4-10-26(25)31-27;1-11-7-9-13(10-8-11)12-5-3-2-4-6-12;1-2/h1-18,30H;2-10H,1H3;1-2H2. The summed E-state index contributed by atoms with van der Waals surface area (Å²) in [4.78, 5) is 0. The van der Waals surface area contributed by atoms with Crippen LogP contribution in [0.4, 0.5) is 0 Å². The number of nitrogens with one attached hydrogen (secondary N) is 1. The summed E-state index contributed by atoms with van der Waals surface area (Å²) < 4.78 is 2.63. The maximum Gasteiger partial charge on any atom is 0.0684 e. The van der Waals surface area contributed by atoms with Crippen molar-refractivity contribution in [2.45, 2.75) is 6.92 Å². The Morgan fingerprint density at radius 3 is 1.85 bits per heavy atom. The Kier molecular flexibility index (Phi) is 9.42. The van der Waals surface area contributed by atoms with Crippen molar-refractivity contribution in [3.05, 3.63) is 180 Å². The number of hydrazine groups is 1. The number of hydrogen-bond donors (Lipinski definition) is 3. The average Bonchev–Trinajstić information content (AvgIpc) is 3.52.